The molecule has 10 heteroatoms. The summed E-state index contributed by atoms with van der Waals surface area (Å²) >= 11 is 4.70. The smallest absolute Gasteiger partial charge is 0.294 e. The molecule has 4 aromatic carbocycles. The minimum Gasteiger partial charge on any atom is -0.493 e. The van der Waals surface area contributed by atoms with Gasteiger partial charge in [0.05, 0.1) is 18.6 Å². The van der Waals surface area contributed by atoms with Crippen molar-refractivity contribution < 1.29 is 23.9 Å². The van der Waals surface area contributed by atoms with Gasteiger partial charge < -0.3 is 14.8 Å². The van der Waals surface area contributed by atoms with Crippen molar-refractivity contribution in [3.05, 3.63) is 99.0 Å². The van der Waals surface area contributed by atoms with E-state index in [9.17, 15) is 14.4 Å². The molecule has 208 valence electrons. The number of benzene rings is 4. The number of rotatable bonds is 10. The SMILES string of the molecule is COc1cc(/C=C2\SC(=O)N(CC(=O)Nc3ccc(I)cc3)C2=O)ccc1OCCSc1cccc2ccccc12. The molecule has 7 nitrogen and oxygen atoms in total. The fourth-order valence-corrected chi connectivity index (χ4v) is 6.28. The number of methoxy groups -OCH3 is 1. The Hall–Kier alpha value is -3.48. The molecule has 1 aliphatic rings. The molecule has 1 fully saturated rings. The van der Waals surface area contributed by atoms with Gasteiger partial charge in [-0.3, -0.25) is 19.3 Å². The van der Waals surface area contributed by atoms with Gasteiger partial charge in [-0.05, 0) is 99.2 Å². The van der Waals surface area contributed by atoms with Crippen LogP contribution in [0, 0.1) is 3.57 Å². The summed E-state index contributed by atoms with van der Waals surface area (Å²) < 4.78 is 12.6. The van der Waals surface area contributed by atoms with E-state index in [2.05, 4.69) is 58.2 Å². The van der Waals surface area contributed by atoms with E-state index in [0.717, 1.165) is 26.0 Å². The molecule has 0 spiro atoms. The molecule has 1 N–H and O–H groups in total. The lowest BCUT2D eigenvalue weighted by Crippen LogP contribution is -2.36. The Balaban J connectivity index is 1.18. The van der Waals surface area contributed by atoms with Crippen molar-refractivity contribution in [1.29, 1.82) is 0 Å². The van der Waals surface area contributed by atoms with E-state index in [1.807, 2.05) is 24.3 Å². The molecule has 0 atom stereocenters. The van der Waals surface area contributed by atoms with Crippen molar-refractivity contribution in [1.82, 2.24) is 4.90 Å². The number of hydrogen-bond acceptors (Lipinski definition) is 7. The van der Waals surface area contributed by atoms with E-state index in [0.29, 0.717) is 29.4 Å². The summed E-state index contributed by atoms with van der Waals surface area (Å²) in [6.07, 6.45) is 1.62. The van der Waals surface area contributed by atoms with Crippen LogP contribution in [0.5, 0.6) is 11.5 Å². The zero-order chi connectivity index (χ0) is 28.8. The molecule has 0 aliphatic carbocycles. The summed E-state index contributed by atoms with van der Waals surface area (Å²) in [4.78, 5) is 40.3. The molecule has 4 aromatic rings. The van der Waals surface area contributed by atoms with Gasteiger partial charge in [-0.1, -0.05) is 42.5 Å². The van der Waals surface area contributed by atoms with Crippen LogP contribution in [0.1, 0.15) is 5.56 Å². The number of anilines is 1. The molecular weight excluding hydrogens is 671 g/mol. The van der Waals surface area contributed by atoms with E-state index < -0.39 is 17.1 Å². The lowest BCUT2D eigenvalue weighted by molar-refractivity contribution is -0.127. The first kappa shape index (κ1) is 29.0. The van der Waals surface area contributed by atoms with Crippen LogP contribution in [-0.4, -0.2) is 48.0 Å². The Bertz CT molecular complexity index is 1640. The number of nitrogens with one attached hydrogen (secondary N) is 1. The molecule has 0 radical (unpaired) electrons. The fraction of sp³-hybridized carbons (Fsp3) is 0.129. The van der Waals surface area contributed by atoms with Crippen LogP contribution in [0.2, 0.25) is 0 Å². The van der Waals surface area contributed by atoms with Gasteiger partial charge in [0.25, 0.3) is 11.1 Å². The molecule has 0 aromatic heterocycles. The third-order valence-corrected chi connectivity index (χ3v) is 8.80. The molecule has 0 bridgehead atoms. The van der Waals surface area contributed by atoms with Crippen LogP contribution in [0.15, 0.2) is 94.7 Å². The Morgan fingerprint density at radius 1 is 1.00 bits per heavy atom. The average molecular weight is 697 g/mol. The zero-order valence-electron chi connectivity index (χ0n) is 22.0. The Morgan fingerprint density at radius 2 is 1.78 bits per heavy atom. The van der Waals surface area contributed by atoms with Crippen molar-refractivity contribution in [2.75, 3.05) is 31.3 Å². The molecule has 5 rings (SSSR count). The minimum absolute atomic E-state index is 0.235. The van der Waals surface area contributed by atoms with Gasteiger partial charge >= 0.3 is 0 Å². The van der Waals surface area contributed by atoms with Crippen LogP contribution in [-0.2, 0) is 9.59 Å². The standard InChI is InChI=1S/C31H25IN2O5S2/c1-38-26-17-20(9-14-25(26)39-15-16-40-27-8-4-6-21-5-2-3-7-24(21)27)18-28-30(36)34(31(37)41-28)19-29(35)33-23-12-10-22(32)11-13-23/h2-14,17-18H,15-16,19H2,1H3,(H,33,35)/b28-18-. The number of hydrogen-bond donors (Lipinski definition) is 1. The third-order valence-electron chi connectivity index (χ3n) is 6.14. The summed E-state index contributed by atoms with van der Waals surface area (Å²) in [7, 11) is 1.55. The highest BCUT2D eigenvalue weighted by Gasteiger charge is 2.36. The normalized spacial score (nSPS) is 14.1. The Morgan fingerprint density at radius 3 is 2.59 bits per heavy atom. The monoisotopic (exact) mass is 696 g/mol. The first-order valence-electron chi connectivity index (χ1n) is 12.6. The number of fused-ring (bicyclic) bond motifs is 1. The van der Waals surface area contributed by atoms with E-state index >= 15 is 0 Å². The quantitative estimate of drug-likeness (QED) is 0.0807. The second kappa shape index (κ2) is 13.5. The van der Waals surface area contributed by atoms with Crippen LogP contribution >= 0.6 is 46.1 Å². The third kappa shape index (κ3) is 7.24. The van der Waals surface area contributed by atoms with Crippen LogP contribution in [0.25, 0.3) is 16.8 Å². The molecule has 1 saturated heterocycles. The predicted molar refractivity (Wildman–Crippen MR) is 174 cm³/mol. The second-order valence-electron chi connectivity index (χ2n) is 8.91. The number of imide groups is 1. The lowest BCUT2D eigenvalue weighted by atomic mass is 10.1. The van der Waals surface area contributed by atoms with Gasteiger partial charge in [0, 0.05) is 19.9 Å². The molecular formula is C31H25IN2O5S2. The summed E-state index contributed by atoms with van der Waals surface area (Å²) in [6.45, 7) is 0.119. The largest absolute Gasteiger partial charge is 0.493 e. The maximum absolute atomic E-state index is 12.9. The number of ether oxygens (including phenoxy) is 2. The topological polar surface area (TPSA) is 84.9 Å². The van der Waals surface area contributed by atoms with E-state index in [-0.39, 0.29) is 11.4 Å². The first-order chi connectivity index (χ1) is 19.9. The second-order valence-corrected chi connectivity index (χ2v) is 12.3. The van der Waals surface area contributed by atoms with Crippen LogP contribution < -0.4 is 14.8 Å². The Labute approximate surface area is 259 Å². The van der Waals surface area contributed by atoms with Crippen molar-refractivity contribution in [3.63, 3.8) is 0 Å². The molecule has 0 saturated carbocycles. The highest BCUT2D eigenvalue weighted by molar-refractivity contribution is 14.1. The maximum atomic E-state index is 12.9. The van der Waals surface area contributed by atoms with E-state index in [1.165, 1.54) is 15.7 Å². The number of nitrogens with zero attached hydrogens (tertiary/aromatic N) is 1. The molecule has 0 unspecified atom stereocenters. The van der Waals surface area contributed by atoms with Crippen LogP contribution in [0.4, 0.5) is 10.5 Å². The van der Waals surface area contributed by atoms with Gasteiger partial charge in [-0.25, -0.2) is 0 Å². The average Bonchev–Trinajstić information content (AvgIpc) is 3.24. The van der Waals surface area contributed by atoms with Crippen molar-refractivity contribution >= 4 is 85.7 Å². The molecule has 41 heavy (non-hydrogen) atoms. The lowest BCUT2D eigenvalue weighted by Gasteiger charge is -2.13. The van der Waals surface area contributed by atoms with Gasteiger partial charge in [-0.2, -0.15) is 0 Å². The maximum Gasteiger partial charge on any atom is 0.294 e. The highest BCUT2D eigenvalue weighted by Crippen LogP contribution is 2.35. The van der Waals surface area contributed by atoms with Crippen LogP contribution in [0.3, 0.4) is 0 Å². The van der Waals surface area contributed by atoms with Crippen molar-refractivity contribution in [3.8, 4) is 11.5 Å². The number of amides is 3. The number of carbonyl (C=O) groups excluding carboxylic acids is 3. The predicted octanol–water partition coefficient (Wildman–Crippen LogP) is 7.30. The highest BCUT2D eigenvalue weighted by atomic mass is 127. The van der Waals surface area contributed by atoms with Gasteiger partial charge in [0.2, 0.25) is 5.91 Å². The van der Waals surface area contributed by atoms with Crippen molar-refractivity contribution in [2.45, 2.75) is 4.90 Å². The van der Waals surface area contributed by atoms with Gasteiger partial charge in [0.1, 0.15) is 6.54 Å². The number of halogens is 1. The minimum atomic E-state index is -0.512. The molecule has 1 aliphatic heterocycles. The molecule has 3 amide bonds. The Kier molecular flexibility index (Phi) is 9.53. The summed E-state index contributed by atoms with van der Waals surface area (Å²) in [5, 5.41) is 4.65. The summed E-state index contributed by atoms with van der Waals surface area (Å²) in [5.41, 5.74) is 1.27. The zero-order valence-corrected chi connectivity index (χ0v) is 25.8. The number of carbonyl (C=O) groups is 3. The van der Waals surface area contributed by atoms with Gasteiger partial charge in [-0.15, -0.1) is 11.8 Å². The van der Waals surface area contributed by atoms with Crippen molar-refractivity contribution in [2.24, 2.45) is 0 Å². The van der Waals surface area contributed by atoms with Gasteiger partial charge in [0.15, 0.2) is 11.5 Å². The first-order valence-corrected chi connectivity index (χ1v) is 15.5. The molecule has 1 heterocycles. The fourth-order valence-electron chi connectivity index (χ4n) is 4.18. The van der Waals surface area contributed by atoms with E-state index in [4.69, 9.17) is 9.47 Å². The summed E-state index contributed by atoms with van der Waals surface area (Å²) in [6, 6.07) is 27.1. The summed E-state index contributed by atoms with van der Waals surface area (Å²) in [5.74, 6) is 0.899. The number of thioether (sulfide) groups is 2. The van der Waals surface area contributed by atoms with E-state index in [1.54, 1.807) is 55.3 Å².